The smallest absolute Gasteiger partial charge is 0.0900 e. The molecule has 2 unspecified atom stereocenters. The van der Waals surface area contributed by atoms with Gasteiger partial charge in [0.05, 0.1) is 25.4 Å². The highest BCUT2D eigenvalue weighted by atomic mass is 16.5. The van der Waals surface area contributed by atoms with Gasteiger partial charge in [-0.1, -0.05) is 20.8 Å². The SMILES string of the molecule is CC1(C)C2CC[C@](C)(C2)[C@@H]1OCC(O)CN1CCN(CCO)CC1. The van der Waals surface area contributed by atoms with Crippen molar-refractivity contribution in [3.05, 3.63) is 0 Å². The summed E-state index contributed by atoms with van der Waals surface area (Å²) in [6.45, 7) is 13.1. The average molecular weight is 341 g/mol. The van der Waals surface area contributed by atoms with Crippen molar-refractivity contribution >= 4 is 0 Å². The van der Waals surface area contributed by atoms with Gasteiger partial charge in [-0.05, 0) is 36.0 Å². The molecule has 0 aromatic rings. The van der Waals surface area contributed by atoms with Gasteiger partial charge in [0, 0.05) is 39.3 Å². The van der Waals surface area contributed by atoms with Crippen LogP contribution in [0.4, 0.5) is 0 Å². The first-order chi connectivity index (χ1) is 11.3. The number of aliphatic hydroxyl groups is 2. The van der Waals surface area contributed by atoms with Crippen molar-refractivity contribution in [1.29, 1.82) is 0 Å². The molecule has 3 aliphatic rings. The molecule has 0 amide bonds. The topological polar surface area (TPSA) is 56.2 Å². The summed E-state index contributed by atoms with van der Waals surface area (Å²) in [4.78, 5) is 4.59. The molecule has 2 aliphatic carbocycles. The molecule has 1 aliphatic heterocycles. The van der Waals surface area contributed by atoms with E-state index in [0.29, 0.717) is 18.6 Å². The van der Waals surface area contributed by atoms with Crippen molar-refractivity contribution in [2.24, 2.45) is 16.7 Å². The zero-order valence-electron chi connectivity index (χ0n) is 15.7. The Hall–Kier alpha value is -0.200. The second kappa shape index (κ2) is 7.20. The summed E-state index contributed by atoms with van der Waals surface area (Å²) in [6.07, 6.45) is 3.76. The fraction of sp³-hybridized carbons (Fsp3) is 1.00. The van der Waals surface area contributed by atoms with Crippen molar-refractivity contribution in [1.82, 2.24) is 9.80 Å². The summed E-state index contributed by atoms with van der Waals surface area (Å²) in [6, 6.07) is 0. The van der Waals surface area contributed by atoms with Crippen LogP contribution in [0.25, 0.3) is 0 Å². The Labute approximate surface area is 147 Å². The molecule has 0 spiro atoms. The van der Waals surface area contributed by atoms with Crippen LogP contribution in [0.2, 0.25) is 0 Å². The van der Waals surface area contributed by atoms with Crippen LogP contribution in [0, 0.1) is 16.7 Å². The Kier molecular flexibility index (Phi) is 5.57. The molecule has 0 radical (unpaired) electrons. The molecule has 24 heavy (non-hydrogen) atoms. The Bertz CT molecular complexity index is 418. The lowest BCUT2D eigenvalue weighted by Crippen LogP contribution is -2.50. The third-order valence-corrected chi connectivity index (χ3v) is 6.94. The predicted octanol–water partition coefficient (Wildman–Crippen LogP) is 1.19. The van der Waals surface area contributed by atoms with Gasteiger partial charge in [-0.25, -0.2) is 0 Å². The molecular weight excluding hydrogens is 304 g/mol. The van der Waals surface area contributed by atoms with Crippen LogP contribution in [-0.2, 0) is 4.74 Å². The molecule has 5 heteroatoms. The third kappa shape index (κ3) is 3.65. The Morgan fingerprint density at radius 3 is 2.38 bits per heavy atom. The maximum atomic E-state index is 10.4. The van der Waals surface area contributed by atoms with Gasteiger partial charge in [-0.2, -0.15) is 0 Å². The van der Waals surface area contributed by atoms with Crippen molar-refractivity contribution in [3.8, 4) is 0 Å². The van der Waals surface area contributed by atoms with E-state index >= 15 is 0 Å². The molecule has 1 heterocycles. The first kappa shape index (κ1) is 18.6. The predicted molar refractivity (Wildman–Crippen MR) is 94.9 cm³/mol. The first-order valence-corrected chi connectivity index (χ1v) is 9.70. The van der Waals surface area contributed by atoms with Crippen molar-refractivity contribution in [2.75, 3.05) is 52.5 Å². The van der Waals surface area contributed by atoms with E-state index in [1.165, 1.54) is 19.3 Å². The standard InChI is InChI=1S/C19H36N2O3/c1-18(2)15-4-5-19(3,12-15)17(18)24-14-16(23)13-21-8-6-20(7-9-21)10-11-22/h15-17,22-23H,4-14H2,1-3H3/t15?,16?,17-,19-/m1/s1. The van der Waals surface area contributed by atoms with Crippen molar-refractivity contribution in [2.45, 2.75) is 52.2 Å². The van der Waals surface area contributed by atoms with Crippen molar-refractivity contribution in [3.63, 3.8) is 0 Å². The monoisotopic (exact) mass is 340 g/mol. The molecule has 2 saturated carbocycles. The molecule has 4 atom stereocenters. The third-order valence-electron chi connectivity index (χ3n) is 6.94. The van der Waals surface area contributed by atoms with Gasteiger partial charge < -0.3 is 14.9 Å². The summed E-state index contributed by atoms with van der Waals surface area (Å²) in [7, 11) is 0. The molecule has 5 nitrogen and oxygen atoms in total. The summed E-state index contributed by atoms with van der Waals surface area (Å²) in [5.74, 6) is 0.782. The second-order valence-electron chi connectivity index (χ2n) is 9.15. The summed E-state index contributed by atoms with van der Waals surface area (Å²) in [5, 5.41) is 19.4. The van der Waals surface area contributed by atoms with Crippen LogP contribution in [0.3, 0.4) is 0 Å². The molecule has 0 aromatic heterocycles. The van der Waals surface area contributed by atoms with Gasteiger partial charge in [-0.15, -0.1) is 0 Å². The maximum Gasteiger partial charge on any atom is 0.0900 e. The van der Waals surface area contributed by atoms with E-state index in [1.807, 2.05) is 0 Å². The quantitative estimate of drug-likeness (QED) is 0.729. The Balaban J connectivity index is 1.42. The van der Waals surface area contributed by atoms with Gasteiger partial charge in [-0.3, -0.25) is 9.80 Å². The number of ether oxygens (including phenoxy) is 1. The zero-order chi connectivity index (χ0) is 17.4. The average Bonchev–Trinajstić information content (AvgIpc) is 3.00. The minimum Gasteiger partial charge on any atom is -0.395 e. The number of piperazine rings is 1. The summed E-state index contributed by atoms with van der Waals surface area (Å²) in [5.41, 5.74) is 0.548. The fourth-order valence-electron chi connectivity index (χ4n) is 5.57. The maximum absolute atomic E-state index is 10.4. The molecule has 1 saturated heterocycles. The number of β-amino-alcohol motifs (C(OH)–C–C–N with tert-alkyl or cyclic N) is 2. The Morgan fingerprint density at radius 2 is 1.79 bits per heavy atom. The molecule has 3 fully saturated rings. The lowest BCUT2D eigenvalue weighted by atomic mass is 9.70. The number of hydrogen-bond acceptors (Lipinski definition) is 5. The van der Waals surface area contributed by atoms with Gasteiger partial charge in [0.15, 0.2) is 0 Å². The molecule has 2 N–H and O–H groups in total. The van der Waals surface area contributed by atoms with Crippen LogP contribution in [0.5, 0.6) is 0 Å². The van der Waals surface area contributed by atoms with Gasteiger partial charge in [0.2, 0.25) is 0 Å². The lowest BCUT2D eigenvalue weighted by Gasteiger charge is -2.43. The number of aliphatic hydroxyl groups excluding tert-OH is 2. The van der Waals surface area contributed by atoms with Crippen LogP contribution in [-0.4, -0.2) is 84.7 Å². The van der Waals surface area contributed by atoms with E-state index in [2.05, 4.69) is 30.6 Å². The molecule has 3 rings (SSSR count). The van der Waals surface area contributed by atoms with Crippen LogP contribution in [0.15, 0.2) is 0 Å². The van der Waals surface area contributed by atoms with Crippen molar-refractivity contribution < 1.29 is 14.9 Å². The highest BCUT2D eigenvalue weighted by molar-refractivity contribution is 5.09. The fourth-order valence-corrected chi connectivity index (χ4v) is 5.57. The largest absolute Gasteiger partial charge is 0.395 e. The van der Waals surface area contributed by atoms with E-state index in [-0.39, 0.29) is 18.1 Å². The van der Waals surface area contributed by atoms with E-state index in [9.17, 15) is 5.11 Å². The minimum atomic E-state index is -0.409. The highest BCUT2D eigenvalue weighted by Crippen LogP contribution is 2.63. The number of fused-ring (bicyclic) bond motifs is 2. The molecule has 0 aromatic carbocycles. The van der Waals surface area contributed by atoms with Gasteiger partial charge in [0.25, 0.3) is 0 Å². The summed E-state index contributed by atoms with van der Waals surface area (Å²) < 4.78 is 6.30. The van der Waals surface area contributed by atoms with E-state index < -0.39 is 6.10 Å². The van der Waals surface area contributed by atoms with Crippen LogP contribution < -0.4 is 0 Å². The van der Waals surface area contributed by atoms with Crippen LogP contribution in [0.1, 0.15) is 40.0 Å². The summed E-state index contributed by atoms with van der Waals surface area (Å²) >= 11 is 0. The number of hydrogen-bond donors (Lipinski definition) is 2. The molecular formula is C19H36N2O3. The van der Waals surface area contributed by atoms with E-state index in [0.717, 1.165) is 38.6 Å². The lowest BCUT2D eigenvalue weighted by molar-refractivity contribution is -0.114. The highest BCUT2D eigenvalue weighted by Gasteiger charge is 2.60. The van der Waals surface area contributed by atoms with Gasteiger partial charge >= 0.3 is 0 Å². The van der Waals surface area contributed by atoms with Gasteiger partial charge in [0.1, 0.15) is 0 Å². The molecule has 2 bridgehead atoms. The number of rotatable bonds is 7. The molecule has 140 valence electrons. The Morgan fingerprint density at radius 1 is 1.12 bits per heavy atom. The number of nitrogens with zero attached hydrogens (tertiary/aromatic N) is 2. The van der Waals surface area contributed by atoms with E-state index in [1.54, 1.807) is 0 Å². The van der Waals surface area contributed by atoms with Crippen LogP contribution >= 0.6 is 0 Å². The second-order valence-corrected chi connectivity index (χ2v) is 9.15. The minimum absolute atomic E-state index is 0.230. The zero-order valence-corrected chi connectivity index (χ0v) is 15.7. The first-order valence-electron chi connectivity index (χ1n) is 9.70. The normalized spacial score (nSPS) is 37.9. The van der Waals surface area contributed by atoms with E-state index in [4.69, 9.17) is 9.84 Å².